The van der Waals surface area contributed by atoms with Crippen LogP contribution >= 0.6 is 0 Å². The summed E-state index contributed by atoms with van der Waals surface area (Å²) in [4.78, 5) is 23.1. The third-order valence-corrected chi connectivity index (χ3v) is 2.37. The first-order valence-corrected chi connectivity index (χ1v) is 4.54. The van der Waals surface area contributed by atoms with Gasteiger partial charge in [0.15, 0.2) is 5.78 Å². The maximum absolute atomic E-state index is 10.8. The van der Waals surface area contributed by atoms with Crippen molar-refractivity contribution in [2.24, 2.45) is 0 Å². The lowest BCUT2D eigenvalue weighted by Gasteiger charge is -2.37. The Labute approximate surface area is 78.4 Å². The molecule has 0 bridgehead atoms. The van der Waals surface area contributed by atoms with E-state index in [4.69, 9.17) is 0 Å². The van der Waals surface area contributed by atoms with Crippen LogP contribution in [0.3, 0.4) is 0 Å². The van der Waals surface area contributed by atoms with Gasteiger partial charge in [0.1, 0.15) is 0 Å². The molecule has 1 fully saturated rings. The third-order valence-electron chi connectivity index (χ3n) is 2.37. The fraction of sp³-hybridized carbons (Fsp3) is 0.600. The van der Waals surface area contributed by atoms with E-state index in [1.807, 2.05) is 13.1 Å². The highest BCUT2D eigenvalue weighted by Crippen LogP contribution is 2.20. The van der Waals surface area contributed by atoms with Gasteiger partial charge < -0.3 is 4.90 Å². The van der Waals surface area contributed by atoms with E-state index in [1.54, 1.807) is 11.0 Å². The van der Waals surface area contributed by atoms with Gasteiger partial charge in [0.05, 0.1) is 0 Å². The molecule has 13 heavy (non-hydrogen) atoms. The molecule has 0 spiro atoms. The number of carbonyl (C=O) groups excluding carboxylic acids is 2. The van der Waals surface area contributed by atoms with E-state index in [-0.39, 0.29) is 11.7 Å². The van der Waals surface area contributed by atoms with Gasteiger partial charge >= 0.3 is 0 Å². The van der Waals surface area contributed by atoms with E-state index in [2.05, 4.69) is 0 Å². The van der Waals surface area contributed by atoms with Gasteiger partial charge in [-0.2, -0.15) is 0 Å². The monoisotopic (exact) mass is 181 g/mol. The third kappa shape index (κ3) is 2.68. The second-order valence-corrected chi connectivity index (χ2v) is 3.45. The molecule has 3 nitrogen and oxygen atoms in total. The van der Waals surface area contributed by atoms with Crippen LogP contribution in [0.5, 0.6) is 0 Å². The molecule has 0 aromatic rings. The summed E-state index contributed by atoms with van der Waals surface area (Å²) in [6, 6.07) is 0.393. The average Bonchev–Trinajstić information content (AvgIpc) is 2.09. The maximum Gasteiger partial charge on any atom is 0.224 e. The van der Waals surface area contributed by atoms with Crippen LogP contribution in [0.15, 0.2) is 12.2 Å². The van der Waals surface area contributed by atoms with Crippen LogP contribution in [-0.4, -0.2) is 29.7 Å². The summed E-state index contributed by atoms with van der Waals surface area (Å²) in [6.45, 7) is 1.54. The Kier molecular flexibility index (Phi) is 3.23. The van der Waals surface area contributed by atoms with Crippen LogP contribution in [-0.2, 0) is 9.59 Å². The molecule has 1 heterocycles. The van der Waals surface area contributed by atoms with E-state index < -0.39 is 0 Å². The molecule has 1 rings (SSSR count). The van der Waals surface area contributed by atoms with Crippen molar-refractivity contribution in [1.29, 1.82) is 0 Å². The number of ketones is 1. The van der Waals surface area contributed by atoms with Crippen LogP contribution in [0.2, 0.25) is 0 Å². The van der Waals surface area contributed by atoms with E-state index in [1.165, 1.54) is 6.92 Å². The molecular weight excluding hydrogens is 166 g/mol. The van der Waals surface area contributed by atoms with Crippen LogP contribution in [0, 0.1) is 0 Å². The van der Waals surface area contributed by atoms with Crippen molar-refractivity contribution < 1.29 is 9.59 Å². The summed E-state index contributed by atoms with van der Waals surface area (Å²) in [5, 5.41) is 0. The van der Waals surface area contributed by atoms with Gasteiger partial charge in [-0.25, -0.2) is 0 Å². The molecule has 1 amide bonds. The molecule has 3 heteroatoms. The summed E-state index contributed by atoms with van der Waals surface area (Å²) in [5.41, 5.74) is 0. The summed E-state index contributed by atoms with van der Waals surface area (Å²) in [6.07, 6.45) is 5.97. The van der Waals surface area contributed by atoms with Gasteiger partial charge in [0, 0.05) is 19.5 Å². The minimum Gasteiger partial charge on any atom is -0.342 e. The topological polar surface area (TPSA) is 37.4 Å². The number of likely N-dealkylation sites (tertiary alicyclic amines) is 1. The van der Waals surface area contributed by atoms with Crippen molar-refractivity contribution in [2.45, 2.75) is 32.2 Å². The highest BCUT2D eigenvalue weighted by molar-refractivity contribution is 5.87. The number of hydrogen-bond acceptors (Lipinski definition) is 2. The molecule has 0 aliphatic carbocycles. The lowest BCUT2D eigenvalue weighted by Crippen LogP contribution is -2.49. The first-order valence-electron chi connectivity index (χ1n) is 4.54. The largest absolute Gasteiger partial charge is 0.342 e. The fourth-order valence-corrected chi connectivity index (χ4v) is 1.41. The van der Waals surface area contributed by atoms with Crippen LogP contribution < -0.4 is 0 Å². The van der Waals surface area contributed by atoms with Gasteiger partial charge in [0.2, 0.25) is 5.91 Å². The second-order valence-electron chi connectivity index (χ2n) is 3.45. The lowest BCUT2D eigenvalue weighted by molar-refractivity contribution is -0.143. The quantitative estimate of drug-likeness (QED) is 0.482. The van der Waals surface area contributed by atoms with E-state index in [9.17, 15) is 9.59 Å². The molecule has 0 saturated carbocycles. The Morgan fingerprint density at radius 3 is 2.85 bits per heavy atom. The number of nitrogens with zero attached hydrogens (tertiary/aromatic N) is 1. The normalized spacial score (nSPS) is 22.2. The second kappa shape index (κ2) is 4.21. The van der Waals surface area contributed by atoms with Crippen molar-refractivity contribution in [3.63, 3.8) is 0 Å². The van der Waals surface area contributed by atoms with Gasteiger partial charge in [-0.05, 0) is 25.8 Å². The fourth-order valence-electron chi connectivity index (χ4n) is 1.41. The molecular formula is C10H15NO2. The van der Waals surface area contributed by atoms with Crippen LogP contribution in [0.4, 0.5) is 0 Å². The average molecular weight is 181 g/mol. The highest BCUT2D eigenvalue weighted by atomic mass is 16.2. The maximum atomic E-state index is 10.8. The number of rotatable bonds is 4. The Morgan fingerprint density at radius 1 is 1.69 bits per heavy atom. The van der Waals surface area contributed by atoms with Crippen molar-refractivity contribution in [2.75, 3.05) is 7.05 Å². The van der Waals surface area contributed by atoms with E-state index >= 15 is 0 Å². The highest BCUT2D eigenvalue weighted by Gasteiger charge is 2.31. The zero-order chi connectivity index (χ0) is 9.84. The molecule has 1 aliphatic heterocycles. The first-order chi connectivity index (χ1) is 6.11. The van der Waals surface area contributed by atoms with Crippen LogP contribution in [0.1, 0.15) is 26.2 Å². The van der Waals surface area contributed by atoms with E-state index in [0.717, 1.165) is 12.8 Å². The first kappa shape index (κ1) is 9.96. The van der Waals surface area contributed by atoms with Crippen molar-refractivity contribution >= 4 is 11.7 Å². The minimum absolute atomic E-state index is 0.0815. The zero-order valence-corrected chi connectivity index (χ0v) is 8.12. The Balaban J connectivity index is 2.14. The smallest absolute Gasteiger partial charge is 0.224 e. The molecule has 0 aromatic heterocycles. The summed E-state index contributed by atoms with van der Waals surface area (Å²) in [5.74, 6) is 0.304. The van der Waals surface area contributed by atoms with Crippen molar-refractivity contribution in [1.82, 2.24) is 4.90 Å². The molecule has 0 aromatic carbocycles. The predicted molar refractivity (Wildman–Crippen MR) is 50.2 cm³/mol. The molecule has 0 unspecified atom stereocenters. The van der Waals surface area contributed by atoms with Gasteiger partial charge in [-0.3, -0.25) is 9.59 Å². The standard InChI is InChI=1S/C10H15NO2/c1-8(12)5-3-4-6-9-7-10(13)11(9)2/h3,5,9H,4,6-7H2,1-2H3/b5-3+/t9-/m0/s1. The predicted octanol–water partition coefficient (Wildman–Crippen LogP) is 1.14. The molecule has 1 atom stereocenters. The number of carbonyl (C=O) groups is 2. The van der Waals surface area contributed by atoms with Gasteiger partial charge in [-0.15, -0.1) is 0 Å². The van der Waals surface area contributed by atoms with Crippen LogP contribution in [0.25, 0.3) is 0 Å². The molecule has 0 radical (unpaired) electrons. The molecule has 0 N–H and O–H groups in total. The summed E-state index contributed by atoms with van der Waals surface area (Å²) >= 11 is 0. The molecule has 72 valence electrons. The Morgan fingerprint density at radius 2 is 2.38 bits per heavy atom. The van der Waals surface area contributed by atoms with Crippen molar-refractivity contribution in [3.05, 3.63) is 12.2 Å². The van der Waals surface area contributed by atoms with Crippen molar-refractivity contribution in [3.8, 4) is 0 Å². The molecule has 1 saturated heterocycles. The SMILES string of the molecule is CC(=O)/C=C/CC[C@H]1CC(=O)N1C. The Hall–Kier alpha value is -1.12. The Bertz CT molecular complexity index is 245. The van der Waals surface area contributed by atoms with Gasteiger partial charge in [0.25, 0.3) is 0 Å². The van der Waals surface area contributed by atoms with E-state index in [0.29, 0.717) is 12.5 Å². The number of amides is 1. The lowest BCUT2D eigenvalue weighted by atomic mass is 9.98. The number of hydrogen-bond donors (Lipinski definition) is 0. The minimum atomic E-state index is 0.0815. The molecule has 1 aliphatic rings. The zero-order valence-electron chi connectivity index (χ0n) is 8.12. The summed E-state index contributed by atoms with van der Waals surface area (Å²) in [7, 11) is 1.82. The summed E-state index contributed by atoms with van der Waals surface area (Å²) < 4.78 is 0. The van der Waals surface area contributed by atoms with Gasteiger partial charge in [-0.1, -0.05) is 6.08 Å². The number of β-lactam (4-membered cyclic amide) rings is 1. The number of allylic oxidation sites excluding steroid dienone is 2.